The Morgan fingerprint density at radius 2 is 1.71 bits per heavy atom. The molecule has 0 saturated carbocycles. The summed E-state index contributed by atoms with van der Waals surface area (Å²) in [6, 6.07) is 25.6. The molecule has 1 unspecified atom stereocenters. The summed E-state index contributed by atoms with van der Waals surface area (Å²) in [4.78, 5) is 15.7. The van der Waals surface area contributed by atoms with Crippen LogP contribution in [0.25, 0.3) is 16.6 Å². The predicted octanol–water partition coefficient (Wildman–Crippen LogP) is 4.64. The summed E-state index contributed by atoms with van der Waals surface area (Å²) < 4.78 is 8.16. The molecular weight excluding hydrogens is 438 g/mol. The van der Waals surface area contributed by atoms with Crippen molar-refractivity contribution in [2.45, 2.75) is 26.6 Å². The van der Waals surface area contributed by atoms with Gasteiger partial charge in [-0.05, 0) is 48.3 Å². The quantitative estimate of drug-likeness (QED) is 0.334. The number of hydrogen-bond acceptors (Lipinski definition) is 4. The highest BCUT2D eigenvalue weighted by molar-refractivity contribution is 6.01. The van der Waals surface area contributed by atoms with E-state index in [1.807, 2.05) is 89.6 Å². The van der Waals surface area contributed by atoms with Crippen molar-refractivity contribution >= 4 is 16.8 Å². The summed E-state index contributed by atoms with van der Waals surface area (Å²) in [7, 11) is 0. The van der Waals surface area contributed by atoms with Gasteiger partial charge >= 0.3 is 0 Å². The first-order valence-corrected chi connectivity index (χ1v) is 12.2. The number of aliphatic hydroxyl groups excluding tert-OH is 1. The standard InChI is InChI=1S/C29H33N3O3/c1-3-31(4-2)20-24(33)19-30-29(34)28-26(32-18-17-23-13-8-9-14-25(23)32)15-10-16-27(28)35-21-22-11-6-5-7-12-22/h5-18,24,33H,3-4,19-21H2,1-2H3,(H,30,34). The predicted molar refractivity (Wildman–Crippen MR) is 140 cm³/mol. The summed E-state index contributed by atoms with van der Waals surface area (Å²) in [5.41, 5.74) is 3.20. The minimum absolute atomic E-state index is 0.161. The van der Waals surface area contributed by atoms with Gasteiger partial charge < -0.3 is 24.6 Å². The second kappa shape index (κ2) is 11.7. The average molecular weight is 472 g/mol. The van der Waals surface area contributed by atoms with Crippen LogP contribution in [0.15, 0.2) is 85.1 Å². The van der Waals surface area contributed by atoms with Gasteiger partial charge in [-0.15, -0.1) is 0 Å². The van der Waals surface area contributed by atoms with Gasteiger partial charge in [-0.2, -0.15) is 0 Å². The van der Waals surface area contributed by atoms with Crippen LogP contribution in [0.2, 0.25) is 0 Å². The van der Waals surface area contributed by atoms with Crippen molar-refractivity contribution in [2.24, 2.45) is 0 Å². The first-order chi connectivity index (χ1) is 17.1. The molecule has 0 aliphatic heterocycles. The smallest absolute Gasteiger partial charge is 0.257 e. The van der Waals surface area contributed by atoms with Gasteiger partial charge in [0.1, 0.15) is 17.9 Å². The second-order valence-electron chi connectivity index (χ2n) is 8.52. The van der Waals surface area contributed by atoms with Gasteiger partial charge in [0.15, 0.2) is 0 Å². The third kappa shape index (κ3) is 5.91. The van der Waals surface area contributed by atoms with Crippen LogP contribution >= 0.6 is 0 Å². The molecule has 6 heteroatoms. The van der Waals surface area contributed by atoms with E-state index in [-0.39, 0.29) is 12.5 Å². The first kappa shape index (κ1) is 24.5. The van der Waals surface area contributed by atoms with E-state index in [2.05, 4.69) is 24.1 Å². The molecular formula is C29H33N3O3. The zero-order chi connectivity index (χ0) is 24.6. The number of para-hydroxylation sites is 1. The Labute approximate surface area is 206 Å². The normalized spacial score (nSPS) is 12.1. The summed E-state index contributed by atoms with van der Waals surface area (Å²) in [6.07, 6.45) is 1.31. The van der Waals surface area contributed by atoms with Gasteiger partial charge in [-0.1, -0.05) is 68.4 Å². The minimum atomic E-state index is -0.660. The molecule has 0 aliphatic rings. The molecule has 0 bridgehead atoms. The van der Waals surface area contributed by atoms with Crippen molar-refractivity contribution in [1.82, 2.24) is 14.8 Å². The van der Waals surface area contributed by atoms with Gasteiger partial charge in [0, 0.05) is 19.3 Å². The molecule has 182 valence electrons. The van der Waals surface area contributed by atoms with Crippen molar-refractivity contribution < 1.29 is 14.6 Å². The van der Waals surface area contributed by atoms with E-state index in [0.29, 0.717) is 24.5 Å². The van der Waals surface area contributed by atoms with Gasteiger partial charge in [-0.3, -0.25) is 4.79 Å². The lowest BCUT2D eigenvalue weighted by molar-refractivity contribution is 0.0865. The molecule has 6 nitrogen and oxygen atoms in total. The molecule has 1 heterocycles. The largest absolute Gasteiger partial charge is 0.488 e. The number of rotatable bonds is 11. The Kier molecular flexibility index (Phi) is 8.19. The zero-order valence-corrected chi connectivity index (χ0v) is 20.4. The summed E-state index contributed by atoms with van der Waals surface area (Å²) in [6.45, 7) is 6.83. The molecule has 3 aromatic carbocycles. The summed E-state index contributed by atoms with van der Waals surface area (Å²) in [5, 5.41) is 14.5. The van der Waals surface area contributed by atoms with Crippen LogP contribution in [0.5, 0.6) is 5.75 Å². The number of nitrogens with zero attached hydrogens (tertiary/aromatic N) is 2. The molecule has 1 atom stereocenters. The van der Waals surface area contributed by atoms with Crippen LogP contribution in [0.3, 0.4) is 0 Å². The molecule has 0 aliphatic carbocycles. The fraction of sp³-hybridized carbons (Fsp3) is 0.276. The molecule has 35 heavy (non-hydrogen) atoms. The summed E-state index contributed by atoms with van der Waals surface area (Å²) in [5.74, 6) is 0.222. The van der Waals surface area contributed by atoms with Crippen molar-refractivity contribution in [1.29, 1.82) is 0 Å². The Morgan fingerprint density at radius 1 is 0.971 bits per heavy atom. The van der Waals surface area contributed by atoms with E-state index in [4.69, 9.17) is 4.74 Å². The highest BCUT2D eigenvalue weighted by Gasteiger charge is 2.21. The van der Waals surface area contributed by atoms with Gasteiger partial charge in [0.05, 0.1) is 17.3 Å². The number of aromatic nitrogens is 1. The van der Waals surface area contributed by atoms with Crippen LogP contribution in [0, 0.1) is 0 Å². The minimum Gasteiger partial charge on any atom is -0.488 e. The van der Waals surface area contributed by atoms with Gasteiger partial charge in [0.25, 0.3) is 5.91 Å². The van der Waals surface area contributed by atoms with Gasteiger partial charge in [-0.25, -0.2) is 0 Å². The average Bonchev–Trinajstić information content (AvgIpc) is 3.33. The molecule has 0 spiro atoms. The van der Waals surface area contributed by atoms with Crippen molar-refractivity contribution in [2.75, 3.05) is 26.2 Å². The Balaban J connectivity index is 1.64. The fourth-order valence-corrected chi connectivity index (χ4v) is 4.24. The maximum absolute atomic E-state index is 13.5. The number of amides is 1. The summed E-state index contributed by atoms with van der Waals surface area (Å²) >= 11 is 0. The van der Waals surface area contributed by atoms with E-state index in [0.717, 1.165) is 35.2 Å². The third-order valence-corrected chi connectivity index (χ3v) is 6.19. The van der Waals surface area contributed by atoms with Crippen LogP contribution in [-0.4, -0.2) is 52.8 Å². The lowest BCUT2D eigenvalue weighted by Gasteiger charge is -2.22. The van der Waals surface area contributed by atoms with Gasteiger partial charge in [0.2, 0.25) is 0 Å². The first-order valence-electron chi connectivity index (χ1n) is 12.2. The molecule has 1 aromatic heterocycles. The Hall–Kier alpha value is -3.61. The Morgan fingerprint density at radius 3 is 2.49 bits per heavy atom. The third-order valence-electron chi connectivity index (χ3n) is 6.19. The van der Waals surface area contributed by atoms with Crippen molar-refractivity contribution in [3.63, 3.8) is 0 Å². The molecule has 0 fully saturated rings. The van der Waals surface area contributed by atoms with E-state index in [1.165, 1.54) is 0 Å². The van der Waals surface area contributed by atoms with E-state index in [9.17, 15) is 9.90 Å². The fourth-order valence-electron chi connectivity index (χ4n) is 4.24. The lowest BCUT2D eigenvalue weighted by atomic mass is 10.1. The molecule has 2 N–H and O–H groups in total. The maximum Gasteiger partial charge on any atom is 0.257 e. The van der Waals surface area contributed by atoms with E-state index < -0.39 is 6.10 Å². The van der Waals surface area contributed by atoms with Crippen LogP contribution < -0.4 is 10.1 Å². The molecule has 0 radical (unpaired) electrons. The van der Waals surface area contributed by atoms with Crippen LogP contribution in [0.4, 0.5) is 0 Å². The molecule has 0 saturated heterocycles. The number of fused-ring (bicyclic) bond motifs is 1. The lowest BCUT2D eigenvalue weighted by Crippen LogP contribution is -2.40. The second-order valence-corrected chi connectivity index (χ2v) is 8.52. The van der Waals surface area contributed by atoms with Crippen molar-refractivity contribution in [3.05, 3.63) is 96.2 Å². The maximum atomic E-state index is 13.5. The zero-order valence-electron chi connectivity index (χ0n) is 20.4. The SMILES string of the molecule is CCN(CC)CC(O)CNC(=O)c1c(OCc2ccccc2)cccc1-n1ccc2ccccc21. The number of likely N-dealkylation sites (N-methyl/N-ethyl adjacent to an activating group) is 1. The molecule has 4 rings (SSSR count). The van der Waals surface area contributed by atoms with E-state index in [1.54, 1.807) is 0 Å². The number of ether oxygens (including phenoxy) is 1. The highest BCUT2D eigenvalue weighted by Crippen LogP contribution is 2.29. The Bertz CT molecular complexity index is 1250. The molecule has 4 aromatic rings. The number of carbonyl (C=O) groups is 1. The number of carbonyl (C=O) groups excluding carboxylic acids is 1. The molecule has 1 amide bonds. The highest BCUT2D eigenvalue weighted by atomic mass is 16.5. The van der Waals surface area contributed by atoms with Crippen molar-refractivity contribution in [3.8, 4) is 11.4 Å². The van der Waals surface area contributed by atoms with E-state index >= 15 is 0 Å². The monoisotopic (exact) mass is 471 g/mol. The number of nitrogens with one attached hydrogen (secondary N) is 1. The number of hydrogen-bond donors (Lipinski definition) is 2. The topological polar surface area (TPSA) is 66.7 Å². The van der Waals surface area contributed by atoms with Crippen LogP contribution in [-0.2, 0) is 6.61 Å². The van der Waals surface area contributed by atoms with Crippen LogP contribution in [0.1, 0.15) is 29.8 Å². The number of aliphatic hydroxyl groups is 1. The number of benzene rings is 3.